The number of thioether (sulfide) groups is 1. The lowest BCUT2D eigenvalue weighted by molar-refractivity contribution is 0.414. The van der Waals surface area contributed by atoms with Gasteiger partial charge in [0.25, 0.3) is 0 Å². The predicted molar refractivity (Wildman–Crippen MR) is 91.7 cm³/mol. The molecule has 0 aliphatic heterocycles. The normalized spacial score (nSPS) is 13.8. The maximum atomic E-state index is 6.24. The SMILES string of the molecule is COc1ccc(C(Sc2cc(Cl)ccc2Cl)C(C)N)cc1. The van der Waals surface area contributed by atoms with Gasteiger partial charge in [-0.15, -0.1) is 11.8 Å². The third kappa shape index (κ3) is 4.30. The van der Waals surface area contributed by atoms with E-state index in [0.29, 0.717) is 10.0 Å². The van der Waals surface area contributed by atoms with E-state index in [2.05, 4.69) is 0 Å². The van der Waals surface area contributed by atoms with Crippen molar-refractivity contribution in [3.63, 3.8) is 0 Å². The van der Waals surface area contributed by atoms with Crippen molar-refractivity contribution in [1.82, 2.24) is 0 Å². The summed E-state index contributed by atoms with van der Waals surface area (Å²) in [5.41, 5.74) is 7.28. The molecule has 0 fully saturated rings. The van der Waals surface area contributed by atoms with E-state index in [1.54, 1.807) is 31.0 Å². The van der Waals surface area contributed by atoms with Crippen LogP contribution in [0, 0.1) is 0 Å². The number of hydrogen-bond donors (Lipinski definition) is 1. The quantitative estimate of drug-likeness (QED) is 0.760. The van der Waals surface area contributed by atoms with E-state index in [4.69, 9.17) is 33.7 Å². The molecular weight excluding hydrogens is 325 g/mol. The molecule has 0 saturated carbocycles. The topological polar surface area (TPSA) is 35.2 Å². The first-order valence-corrected chi connectivity index (χ1v) is 8.16. The van der Waals surface area contributed by atoms with Crippen LogP contribution in [0.3, 0.4) is 0 Å². The monoisotopic (exact) mass is 341 g/mol. The minimum Gasteiger partial charge on any atom is -0.497 e. The maximum absolute atomic E-state index is 6.24. The fraction of sp³-hybridized carbons (Fsp3) is 0.250. The molecular formula is C16H17Cl2NOS. The average Bonchev–Trinajstić information content (AvgIpc) is 2.48. The minimum atomic E-state index is -0.0292. The van der Waals surface area contributed by atoms with Crippen molar-refractivity contribution in [1.29, 1.82) is 0 Å². The third-order valence-corrected chi connectivity index (χ3v) is 5.29. The molecule has 2 nitrogen and oxygen atoms in total. The summed E-state index contributed by atoms with van der Waals surface area (Å²) in [5, 5.41) is 1.44. The molecule has 0 aliphatic carbocycles. The van der Waals surface area contributed by atoms with Crippen molar-refractivity contribution in [3.05, 3.63) is 58.1 Å². The summed E-state index contributed by atoms with van der Waals surface area (Å²) >= 11 is 13.9. The van der Waals surface area contributed by atoms with Crippen LogP contribution in [0.2, 0.25) is 10.0 Å². The summed E-state index contributed by atoms with van der Waals surface area (Å²) in [6, 6.07) is 13.3. The highest BCUT2D eigenvalue weighted by molar-refractivity contribution is 7.99. The van der Waals surface area contributed by atoms with Gasteiger partial charge in [0.1, 0.15) is 5.75 Å². The smallest absolute Gasteiger partial charge is 0.118 e. The van der Waals surface area contributed by atoms with Crippen LogP contribution in [0.15, 0.2) is 47.4 Å². The first-order chi connectivity index (χ1) is 10.0. The Labute approximate surface area is 139 Å². The second-order valence-electron chi connectivity index (χ2n) is 4.75. The van der Waals surface area contributed by atoms with Crippen LogP contribution in [0.25, 0.3) is 0 Å². The Hall–Kier alpha value is -0.870. The molecule has 2 atom stereocenters. The summed E-state index contributed by atoms with van der Waals surface area (Å²) < 4.78 is 5.19. The van der Waals surface area contributed by atoms with Crippen LogP contribution in [-0.4, -0.2) is 13.2 Å². The maximum Gasteiger partial charge on any atom is 0.118 e. The van der Waals surface area contributed by atoms with Gasteiger partial charge in [0, 0.05) is 21.2 Å². The lowest BCUT2D eigenvalue weighted by atomic mass is 10.1. The summed E-state index contributed by atoms with van der Waals surface area (Å²) in [6.45, 7) is 1.99. The van der Waals surface area contributed by atoms with Crippen molar-refractivity contribution < 1.29 is 4.74 Å². The summed E-state index contributed by atoms with van der Waals surface area (Å²) in [4.78, 5) is 0.933. The van der Waals surface area contributed by atoms with Crippen molar-refractivity contribution in [2.45, 2.75) is 23.1 Å². The van der Waals surface area contributed by atoms with Gasteiger partial charge in [0.2, 0.25) is 0 Å². The first kappa shape index (κ1) is 16.5. The Morgan fingerprint density at radius 1 is 1.10 bits per heavy atom. The summed E-state index contributed by atoms with van der Waals surface area (Å²) in [5.74, 6) is 0.827. The van der Waals surface area contributed by atoms with Crippen LogP contribution in [0.4, 0.5) is 0 Å². The second kappa shape index (κ2) is 7.41. The van der Waals surface area contributed by atoms with Gasteiger partial charge in [-0.3, -0.25) is 0 Å². The fourth-order valence-corrected chi connectivity index (χ4v) is 3.62. The van der Waals surface area contributed by atoms with Gasteiger partial charge in [-0.25, -0.2) is 0 Å². The van der Waals surface area contributed by atoms with Crippen LogP contribution in [0.1, 0.15) is 17.7 Å². The van der Waals surface area contributed by atoms with Gasteiger partial charge in [0.15, 0.2) is 0 Å². The third-order valence-electron chi connectivity index (χ3n) is 3.07. The van der Waals surface area contributed by atoms with E-state index < -0.39 is 0 Å². The highest BCUT2D eigenvalue weighted by Gasteiger charge is 2.19. The number of hydrogen-bond acceptors (Lipinski definition) is 3. The highest BCUT2D eigenvalue weighted by Crippen LogP contribution is 2.41. The van der Waals surface area contributed by atoms with Crippen molar-refractivity contribution in [2.24, 2.45) is 5.73 Å². The van der Waals surface area contributed by atoms with Crippen LogP contribution in [0.5, 0.6) is 5.75 Å². The van der Waals surface area contributed by atoms with Gasteiger partial charge in [-0.05, 0) is 42.8 Å². The van der Waals surface area contributed by atoms with E-state index in [-0.39, 0.29) is 11.3 Å². The zero-order valence-corrected chi connectivity index (χ0v) is 14.2. The molecule has 2 aromatic rings. The van der Waals surface area contributed by atoms with E-state index in [0.717, 1.165) is 16.2 Å². The van der Waals surface area contributed by atoms with Crippen LogP contribution < -0.4 is 10.5 Å². The molecule has 0 radical (unpaired) electrons. The molecule has 2 aromatic carbocycles. The van der Waals surface area contributed by atoms with E-state index in [9.17, 15) is 0 Å². The molecule has 2 rings (SSSR count). The van der Waals surface area contributed by atoms with Gasteiger partial charge in [-0.2, -0.15) is 0 Å². The number of methoxy groups -OCH3 is 1. The molecule has 0 heterocycles. The zero-order chi connectivity index (χ0) is 15.4. The molecule has 0 bridgehead atoms. The molecule has 5 heteroatoms. The molecule has 112 valence electrons. The molecule has 0 saturated heterocycles. The number of halogens is 2. The Morgan fingerprint density at radius 3 is 2.33 bits per heavy atom. The highest BCUT2D eigenvalue weighted by atomic mass is 35.5. The molecule has 2 unspecified atom stereocenters. The molecule has 0 amide bonds. The van der Waals surface area contributed by atoms with Gasteiger partial charge < -0.3 is 10.5 Å². The van der Waals surface area contributed by atoms with Gasteiger partial charge in [-0.1, -0.05) is 35.3 Å². The number of rotatable bonds is 5. The standard InChI is InChI=1S/C16H17Cl2NOS/c1-10(19)16(11-3-6-13(20-2)7-4-11)21-15-9-12(17)5-8-14(15)18/h3-10,16H,19H2,1-2H3. The Morgan fingerprint density at radius 2 is 1.76 bits per heavy atom. The molecule has 0 aromatic heterocycles. The first-order valence-electron chi connectivity index (χ1n) is 6.52. The Kier molecular flexibility index (Phi) is 5.82. The van der Waals surface area contributed by atoms with Crippen LogP contribution in [-0.2, 0) is 0 Å². The molecule has 0 aliphatic rings. The van der Waals surface area contributed by atoms with E-state index in [1.807, 2.05) is 37.3 Å². The van der Waals surface area contributed by atoms with Crippen molar-refractivity contribution in [3.8, 4) is 5.75 Å². The molecule has 21 heavy (non-hydrogen) atoms. The molecule has 2 N–H and O–H groups in total. The van der Waals surface area contributed by atoms with E-state index >= 15 is 0 Å². The number of ether oxygens (including phenoxy) is 1. The Balaban J connectivity index is 2.28. The number of benzene rings is 2. The Bertz CT molecular complexity index is 602. The molecule has 0 spiro atoms. The van der Waals surface area contributed by atoms with Crippen molar-refractivity contribution >= 4 is 35.0 Å². The van der Waals surface area contributed by atoms with Gasteiger partial charge in [0.05, 0.1) is 12.1 Å². The zero-order valence-electron chi connectivity index (χ0n) is 11.8. The average molecular weight is 342 g/mol. The van der Waals surface area contributed by atoms with E-state index in [1.165, 1.54) is 0 Å². The fourth-order valence-electron chi connectivity index (χ4n) is 1.98. The lowest BCUT2D eigenvalue weighted by Gasteiger charge is -2.21. The summed E-state index contributed by atoms with van der Waals surface area (Å²) in [6.07, 6.45) is 0. The number of nitrogens with two attached hydrogens (primary N) is 1. The van der Waals surface area contributed by atoms with Crippen molar-refractivity contribution in [2.75, 3.05) is 7.11 Å². The van der Waals surface area contributed by atoms with Crippen LogP contribution >= 0.6 is 35.0 Å². The lowest BCUT2D eigenvalue weighted by Crippen LogP contribution is -2.22. The van der Waals surface area contributed by atoms with Gasteiger partial charge >= 0.3 is 0 Å². The minimum absolute atomic E-state index is 0.0292. The predicted octanol–water partition coefficient (Wildman–Crippen LogP) is 5.18. The largest absolute Gasteiger partial charge is 0.497 e. The second-order valence-corrected chi connectivity index (χ2v) is 6.77. The summed E-state index contributed by atoms with van der Waals surface area (Å²) in [7, 11) is 1.65.